The van der Waals surface area contributed by atoms with Crippen molar-refractivity contribution in [1.82, 2.24) is 5.32 Å². The molecule has 0 aromatic heterocycles. The van der Waals surface area contributed by atoms with Crippen LogP contribution in [0.4, 0.5) is 0 Å². The number of carbonyl (C=O) groups is 2. The Hall–Kier alpha value is -1.06. The first kappa shape index (κ1) is 13.0. The van der Waals surface area contributed by atoms with Crippen molar-refractivity contribution >= 4 is 11.9 Å². The highest BCUT2D eigenvalue weighted by Gasteiger charge is 2.42. The molecule has 0 saturated heterocycles. The van der Waals surface area contributed by atoms with E-state index in [9.17, 15) is 9.59 Å². The van der Waals surface area contributed by atoms with Gasteiger partial charge in [0.2, 0.25) is 5.91 Å². The van der Waals surface area contributed by atoms with Crippen molar-refractivity contribution in [3.8, 4) is 0 Å². The molecule has 1 fully saturated rings. The first-order valence-electron chi connectivity index (χ1n) is 5.86. The molecule has 1 saturated carbocycles. The molecular weight excluding hydrogens is 206 g/mol. The summed E-state index contributed by atoms with van der Waals surface area (Å²) in [5, 5.41) is 11.8. The van der Waals surface area contributed by atoms with Crippen LogP contribution in [0.3, 0.4) is 0 Å². The van der Waals surface area contributed by atoms with Crippen molar-refractivity contribution < 1.29 is 14.7 Å². The normalized spacial score (nSPS) is 18.7. The van der Waals surface area contributed by atoms with Crippen molar-refractivity contribution in [3.63, 3.8) is 0 Å². The quantitative estimate of drug-likeness (QED) is 0.754. The Kier molecular flexibility index (Phi) is 3.61. The third-order valence-electron chi connectivity index (χ3n) is 3.68. The molecule has 0 aromatic carbocycles. The topological polar surface area (TPSA) is 66.4 Å². The van der Waals surface area contributed by atoms with Gasteiger partial charge in [0, 0.05) is 5.41 Å². The summed E-state index contributed by atoms with van der Waals surface area (Å²) in [7, 11) is 0. The fourth-order valence-electron chi connectivity index (χ4n) is 1.81. The highest BCUT2D eigenvalue weighted by atomic mass is 16.4. The summed E-state index contributed by atoms with van der Waals surface area (Å²) in [4.78, 5) is 22.7. The van der Waals surface area contributed by atoms with Gasteiger partial charge in [-0.1, -0.05) is 20.8 Å². The number of hydrogen-bond acceptors (Lipinski definition) is 2. The van der Waals surface area contributed by atoms with Crippen LogP contribution in [0.15, 0.2) is 0 Å². The first-order chi connectivity index (χ1) is 7.31. The van der Waals surface area contributed by atoms with E-state index >= 15 is 0 Å². The highest BCUT2D eigenvalue weighted by molar-refractivity contribution is 5.83. The lowest BCUT2D eigenvalue weighted by atomic mass is 9.73. The van der Waals surface area contributed by atoms with Crippen LogP contribution in [0.2, 0.25) is 0 Å². The van der Waals surface area contributed by atoms with Gasteiger partial charge < -0.3 is 10.4 Å². The third-order valence-corrected chi connectivity index (χ3v) is 3.68. The molecule has 0 spiro atoms. The molecule has 4 heteroatoms. The number of nitrogens with one attached hydrogen (secondary N) is 1. The van der Waals surface area contributed by atoms with E-state index in [1.807, 2.05) is 20.8 Å². The van der Waals surface area contributed by atoms with Crippen molar-refractivity contribution in [1.29, 1.82) is 0 Å². The van der Waals surface area contributed by atoms with Crippen LogP contribution in [-0.4, -0.2) is 22.5 Å². The van der Waals surface area contributed by atoms with Gasteiger partial charge in [0.05, 0.1) is 12.0 Å². The van der Waals surface area contributed by atoms with Crippen molar-refractivity contribution in [2.75, 3.05) is 0 Å². The van der Waals surface area contributed by atoms with Gasteiger partial charge in [0.1, 0.15) is 0 Å². The second kappa shape index (κ2) is 4.44. The molecule has 4 nitrogen and oxygen atoms in total. The molecule has 0 unspecified atom stereocenters. The molecular formula is C12H21NO3. The molecule has 0 aromatic rings. The molecule has 0 atom stereocenters. The van der Waals surface area contributed by atoms with Gasteiger partial charge in [0.25, 0.3) is 0 Å². The van der Waals surface area contributed by atoms with E-state index in [4.69, 9.17) is 5.11 Å². The molecule has 0 heterocycles. The Morgan fingerprint density at radius 1 is 1.38 bits per heavy atom. The minimum Gasteiger partial charge on any atom is -0.481 e. The molecule has 1 rings (SSSR count). The molecule has 92 valence electrons. The van der Waals surface area contributed by atoms with Gasteiger partial charge in [-0.2, -0.15) is 0 Å². The standard InChI is InChI=1S/C12H21NO3/c1-4-11(2,3)10(16)13-12(6-5-7-12)8-9(14)15/h4-8H2,1-3H3,(H,13,16)(H,14,15). The maximum atomic E-state index is 12.0. The van der Waals surface area contributed by atoms with Gasteiger partial charge in [0.15, 0.2) is 0 Å². The van der Waals surface area contributed by atoms with E-state index in [2.05, 4.69) is 5.32 Å². The van der Waals surface area contributed by atoms with Crippen molar-refractivity contribution in [2.24, 2.45) is 5.41 Å². The molecule has 2 N–H and O–H groups in total. The Bertz CT molecular complexity index is 293. The number of aliphatic carboxylic acids is 1. The molecule has 1 amide bonds. The third kappa shape index (κ3) is 2.74. The lowest BCUT2D eigenvalue weighted by Crippen LogP contribution is -2.57. The zero-order chi connectivity index (χ0) is 12.4. The Balaban J connectivity index is 2.64. The van der Waals surface area contributed by atoms with Crippen LogP contribution in [-0.2, 0) is 9.59 Å². The van der Waals surface area contributed by atoms with Gasteiger partial charge in [-0.25, -0.2) is 0 Å². The molecule has 0 bridgehead atoms. The smallest absolute Gasteiger partial charge is 0.305 e. The van der Waals surface area contributed by atoms with Gasteiger partial charge >= 0.3 is 5.97 Å². The van der Waals surface area contributed by atoms with E-state index in [0.29, 0.717) is 0 Å². The Labute approximate surface area is 96.4 Å². The largest absolute Gasteiger partial charge is 0.481 e. The SMILES string of the molecule is CCC(C)(C)C(=O)NC1(CC(=O)O)CCC1. The summed E-state index contributed by atoms with van der Waals surface area (Å²) in [6.45, 7) is 5.73. The van der Waals surface area contributed by atoms with Gasteiger partial charge in [-0.3, -0.25) is 9.59 Å². The van der Waals surface area contributed by atoms with E-state index in [1.54, 1.807) is 0 Å². The Morgan fingerprint density at radius 2 is 1.94 bits per heavy atom. The average molecular weight is 227 g/mol. The van der Waals surface area contributed by atoms with Gasteiger partial charge in [-0.15, -0.1) is 0 Å². The van der Waals surface area contributed by atoms with Crippen LogP contribution in [0, 0.1) is 5.41 Å². The van der Waals surface area contributed by atoms with Gasteiger partial charge in [-0.05, 0) is 25.7 Å². The first-order valence-corrected chi connectivity index (χ1v) is 5.86. The lowest BCUT2D eigenvalue weighted by Gasteiger charge is -2.43. The number of carbonyl (C=O) groups excluding carboxylic acids is 1. The maximum absolute atomic E-state index is 12.0. The molecule has 1 aliphatic carbocycles. The summed E-state index contributed by atoms with van der Waals surface area (Å²) in [6, 6.07) is 0. The summed E-state index contributed by atoms with van der Waals surface area (Å²) < 4.78 is 0. The molecule has 1 aliphatic rings. The number of amides is 1. The molecule has 0 aliphatic heterocycles. The minimum atomic E-state index is -0.839. The van der Waals surface area contributed by atoms with Crippen LogP contribution >= 0.6 is 0 Å². The Morgan fingerprint density at radius 3 is 2.25 bits per heavy atom. The van der Waals surface area contributed by atoms with E-state index < -0.39 is 16.9 Å². The average Bonchev–Trinajstić information content (AvgIpc) is 2.13. The molecule has 16 heavy (non-hydrogen) atoms. The van der Waals surface area contributed by atoms with Crippen LogP contribution < -0.4 is 5.32 Å². The second-order valence-electron chi connectivity index (χ2n) is 5.40. The van der Waals surface area contributed by atoms with Crippen LogP contribution in [0.25, 0.3) is 0 Å². The highest BCUT2D eigenvalue weighted by Crippen LogP contribution is 2.36. The zero-order valence-electron chi connectivity index (χ0n) is 10.3. The summed E-state index contributed by atoms with van der Waals surface area (Å²) in [6.07, 6.45) is 3.36. The fraction of sp³-hybridized carbons (Fsp3) is 0.833. The predicted molar refractivity (Wildman–Crippen MR) is 61.0 cm³/mol. The zero-order valence-corrected chi connectivity index (χ0v) is 10.3. The van der Waals surface area contributed by atoms with Crippen molar-refractivity contribution in [2.45, 2.75) is 58.4 Å². The van der Waals surface area contributed by atoms with Crippen LogP contribution in [0.5, 0.6) is 0 Å². The van der Waals surface area contributed by atoms with Crippen LogP contribution in [0.1, 0.15) is 52.9 Å². The monoisotopic (exact) mass is 227 g/mol. The predicted octanol–water partition coefficient (Wildman–Crippen LogP) is 1.94. The summed E-state index contributed by atoms with van der Waals surface area (Å²) in [5.41, 5.74) is -0.892. The number of carboxylic acids is 1. The second-order valence-corrected chi connectivity index (χ2v) is 5.40. The van der Waals surface area contributed by atoms with E-state index in [-0.39, 0.29) is 12.3 Å². The minimum absolute atomic E-state index is 0.0315. The van der Waals surface area contributed by atoms with E-state index in [0.717, 1.165) is 25.7 Å². The number of rotatable bonds is 5. The summed E-state index contributed by atoms with van der Waals surface area (Å²) >= 11 is 0. The number of carboxylic acid groups (broad SMARTS) is 1. The number of hydrogen-bond donors (Lipinski definition) is 2. The molecule has 0 radical (unpaired) electrons. The summed E-state index contributed by atoms with van der Waals surface area (Å²) in [5.74, 6) is -0.870. The lowest BCUT2D eigenvalue weighted by molar-refractivity contribution is -0.141. The van der Waals surface area contributed by atoms with Crippen molar-refractivity contribution in [3.05, 3.63) is 0 Å². The maximum Gasteiger partial charge on any atom is 0.305 e. The fourth-order valence-corrected chi connectivity index (χ4v) is 1.81. The van der Waals surface area contributed by atoms with E-state index in [1.165, 1.54) is 0 Å².